The normalized spacial score (nSPS) is 15.6. The summed E-state index contributed by atoms with van der Waals surface area (Å²) in [5.74, 6) is -0.854. The maximum absolute atomic E-state index is 14.0. The van der Waals surface area contributed by atoms with Crippen LogP contribution in [0.2, 0.25) is 5.02 Å². The molecule has 35 heavy (non-hydrogen) atoms. The molecule has 0 aliphatic heterocycles. The van der Waals surface area contributed by atoms with Gasteiger partial charge in [-0.25, -0.2) is 25.1 Å². The predicted octanol–water partition coefficient (Wildman–Crippen LogP) is 3.73. The minimum atomic E-state index is -3.55. The lowest BCUT2D eigenvalue weighted by Gasteiger charge is -2.32. The van der Waals surface area contributed by atoms with Gasteiger partial charge >= 0.3 is 5.97 Å². The maximum atomic E-state index is 14.0. The molecule has 0 spiro atoms. The van der Waals surface area contributed by atoms with E-state index in [0.717, 1.165) is 11.1 Å². The maximum Gasteiger partial charge on any atom is 0.323 e. The van der Waals surface area contributed by atoms with Gasteiger partial charge in [-0.05, 0) is 57.9 Å². The first-order valence-corrected chi connectivity index (χ1v) is 13.3. The number of carbonyl (C=O) groups is 1. The van der Waals surface area contributed by atoms with Gasteiger partial charge in [0.15, 0.2) is 11.5 Å². The van der Waals surface area contributed by atoms with E-state index in [-0.39, 0.29) is 18.2 Å². The molecule has 1 aromatic carbocycles. The predicted molar refractivity (Wildman–Crippen MR) is 135 cm³/mol. The van der Waals surface area contributed by atoms with Crippen LogP contribution >= 0.6 is 19.0 Å². The van der Waals surface area contributed by atoms with Gasteiger partial charge in [0.25, 0.3) is 0 Å². The van der Waals surface area contributed by atoms with Gasteiger partial charge in [0, 0.05) is 11.1 Å². The summed E-state index contributed by atoms with van der Waals surface area (Å²) in [5.41, 5.74) is 7.25. The zero-order chi connectivity index (χ0) is 26.0. The zero-order valence-electron chi connectivity index (χ0n) is 20.3. The number of carboxylic acids is 1. The molecule has 0 aliphatic rings. The minimum Gasteiger partial charge on any atom is -0.480 e. The second-order valence-electron chi connectivity index (χ2n) is 9.07. The number of carboxylic acid groups (broad SMARTS) is 1. The van der Waals surface area contributed by atoms with Gasteiger partial charge in [0.05, 0.1) is 19.0 Å². The molecule has 0 fully saturated rings. The van der Waals surface area contributed by atoms with Gasteiger partial charge in [0.2, 0.25) is 7.44 Å². The van der Waals surface area contributed by atoms with Crippen molar-refractivity contribution in [3.63, 3.8) is 0 Å². The van der Waals surface area contributed by atoms with Crippen molar-refractivity contribution in [1.29, 1.82) is 0 Å². The third-order valence-electron chi connectivity index (χ3n) is 5.52. The fourth-order valence-corrected chi connectivity index (χ4v) is 6.36. The largest absolute Gasteiger partial charge is 0.480 e. The van der Waals surface area contributed by atoms with E-state index < -0.39 is 25.1 Å². The van der Waals surface area contributed by atoms with Crippen molar-refractivity contribution >= 4 is 42.0 Å². The molecule has 13 heteroatoms. The minimum absolute atomic E-state index is 0.244. The number of hydrogen-bond donors (Lipinski definition) is 4. The van der Waals surface area contributed by atoms with Gasteiger partial charge in [-0.3, -0.25) is 9.36 Å². The molecule has 0 aliphatic carbocycles. The number of ether oxygens (including phenoxy) is 1. The van der Waals surface area contributed by atoms with Gasteiger partial charge in [0.1, 0.15) is 23.7 Å². The number of nitrogens with two attached hydrogens (primary N) is 1. The van der Waals surface area contributed by atoms with Crippen LogP contribution < -0.4 is 15.9 Å². The first kappa shape index (κ1) is 27.0. The van der Waals surface area contributed by atoms with E-state index >= 15 is 0 Å². The highest BCUT2D eigenvalue weighted by atomic mass is 35.5. The molecule has 0 saturated heterocycles. The SMILES string of the molecule is Cc1cc(Cl)ccc1C(C)NP(=O)(COC(C)Cn1cnc2c(N)ncnc21)NC(C)(C)C(=O)O. The molecule has 3 rings (SSSR count). The van der Waals surface area contributed by atoms with Crippen LogP contribution in [-0.2, 0) is 20.6 Å². The van der Waals surface area contributed by atoms with Crippen molar-refractivity contribution in [2.75, 3.05) is 12.1 Å². The zero-order valence-corrected chi connectivity index (χ0v) is 22.0. The Kier molecular flexibility index (Phi) is 8.18. The topological polar surface area (TPSA) is 157 Å². The Morgan fingerprint density at radius 3 is 2.69 bits per heavy atom. The number of halogens is 1. The summed E-state index contributed by atoms with van der Waals surface area (Å²) < 4.78 is 21.7. The number of rotatable bonds is 11. The average Bonchev–Trinajstić information content (AvgIpc) is 3.15. The smallest absolute Gasteiger partial charge is 0.323 e. The van der Waals surface area contributed by atoms with Crippen molar-refractivity contribution in [2.24, 2.45) is 0 Å². The van der Waals surface area contributed by atoms with E-state index in [1.165, 1.54) is 20.2 Å². The number of nitrogens with one attached hydrogen (secondary N) is 2. The van der Waals surface area contributed by atoms with Crippen molar-refractivity contribution in [3.05, 3.63) is 47.0 Å². The fourth-order valence-electron chi connectivity index (χ4n) is 3.70. The number of nitrogen functional groups attached to an aromatic ring is 1. The van der Waals surface area contributed by atoms with Crippen LogP contribution in [-0.4, -0.2) is 48.6 Å². The van der Waals surface area contributed by atoms with Crippen molar-refractivity contribution in [1.82, 2.24) is 29.7 Å². The van der Waals surface area contributed by atoms with Crippen LogP contribution in [0.15, 0.2) is 30.9 Å². The Bertz CT molecular complexity index is 1270. The first-order chi connectivity index (χ1) is 16.3. The van der Waals surface area contributed by atoms with Crippen molar-refractivity contribution < 1.29 is 19.2 Å². The second kappa shape index (κ2) is 10.6. The lowest BCUT2D eigenvalue weighted by atomic mass is 10.0. The summed E-state index contributed by atoms with van der Waals surface area (Å²) in [6.07, 6.45) is 2.30. The average molecular weight is 524 g/mol. The molecule has 0 bridgehead atoms. The molecule has 2 aromatic heterocycles. The van der Waals surface area contributed by atoms with Crippen LogP contribution in [0.4, 0.5) is 5.82 Å². The molecular weight excluding hydrogens is 493 g/mol. The van der Waals surface area contributed by atoms with Crippen LogP contribution in [0, 0.1) is 6.92 Å². The lowest BCUT2D eigenvalue weighted by Crippen LogP contribution is -2.48. The highest BCUT2D eigenvalue weighted by molar-refractivity contribution is 7.59. The van der Waals surface area contributed by atoms with E-state index in [2.05, 4.69) is 25.1 Å². The third-order valence-corrected chi connectivity index (χ3v) is 7.99. The summed E-state index contributed by atoms with van der Waals surface area (Å²) >= 11 is 6.07. The third kappa shape index (κ3) is 6.56. The standard InChI is InChI=1S/C22H31ClN7O4P/c1-13-8-16(23)6-7-17(13)15(3)28-35(33,29-22(4,5)21(31)32)12-34-14(2)9-30-11-27-18-19(24)25-10-26-20(18)30/h6-8,10-11,14-15H,9,12H2,1-5H3,(H,31,32)(H2,24,25,26)(H2,28,29,33). The number of aromatic nitrogens is 4. The van der Waals surface area contributed by atoms with Gasteiger partial charge < -0.3 is 20.1 Å². The summed E-state index contributed by atoms with van der Waals surface area (Å²) in [5, 5.41) is 16.1. The molecule has 3 aromatic rings. The lowest BCUT2D eigenvalue weighted by molar-refractivity contribution is -0.142. The summed E-state index contributed by atoms with van der Waals surface area (Å²) in [7, 11) is -3.55. The van der Waals surface area contributed by atoms with Crippen LogP contribution in [0.3, 0.4) is 0 Å². The molecule has 5 N–H and O–H groups in total. The Morgan fingerprint density at radius 2 is 2.03 bits per heavy atom. The number of anilines is 1. The van der Waals surface area contributed by atoms with Crippen molar-refractivity contribution in [3.8, 4) is 0 Å². The molecule has 11 nitrogen and oxygen atoms in total. The highest BCUT2D eigenvalue weighted by Crippen LogP contribution is 2.42. The molecule has 0 amide bonds. The molecule has 3 unspecified atom stereocenters. The first-order valence-electron chi connectivity index (χ1n) is 11.0. The highest BCUT2D eigenvalue weighted by Gasteiger charge is 2.37. The van der Waals surface area contributed by atoms with E-state index in [1.807, 2.05) is 32.9 Å². The van der Waals surface area contributed by atoms with E-state index in [4.69, 9.17) is 22.1 Å². The summed E-state index contributed by atoms with van der Waals surface area (Å²) in [4.78, 5) is 24.1. The fraction of sp³-hybridized carbons (Fsp3) is 0.455. The van der Waals surface area contributed by atoms with E-state index in [1.54, 1.807) is 17.0 Å². The molecular formula is C22H31ClN7O4P. The Labute approximate surface area is 208 Å². The number of nitrogens with zero attached hydrogens (tertiary/aromatic N) is 4. The molecule has 2 heterocycles. The Morgan fingerprint density at radius 1 is 1.31 bits per heavy atom. The Balaban J connectivity index is 1.77. The molecule has 0 radical (unpaired) electrons. The quantitative estimate of drug-likeness (QED) is 0.273. The summed E-state index contributed by atoms with van der Waals surface area (Å²) in [6, 6.07) is 5.06. The number of fused-ring (bicyclic) bond motifs is 1. The van der Waals surface area contributed by atoms with Gasteiger partial charge in [-0.15, -0.1) is 0 Å². The van der Waals surface area contributed by atoms with Crippen LogP contribution in [0.5, 0.6) is 0 Å². The molecule has 190 valence electrons. The van der Waals surface area contributed by atoms with Crippen molar-refractivity contribution in [2.45, 2.75) is 58.8 Å². The number of benzene rings is 1. The molecule has 0 saturated carbocycles. The number of aryl methyl sites for hydroxylation is 1. The molecule has 3 atom stereocenters. The Hall–Kier alpha value is -2.56. The van der Waals surface area contributed by atoms with Gasteiger partial charge in [-0.1, -0.05) is 17.7 Å². The monoisotopic (exact) mass is 523 g/mol. The van der Waals surface area contributed by atoms with E-state index in [9.17, 15) is 14.5 Å². The number of hydrogen-bond acceptors (Lipinski definition) is 7. The van der Waals surface area contributed by atoms with E-state index in [0.29, 0.717) is 22.7 Å². The van der Waals surface area contributed by atoms with Gasteiger partial charge in [-0.2, -0.15) is 0 Å². The number of aliphatic carboxylic acids is 1. The summed E-state index contributed by atoms with van der Waals surface area (Å²) in [6.45, 7) is 8.84. The number of imidazole rings is 1. The van der Waals surface area contributed by atoms with Crippen LogP contribution in [0.25, 0.3) is 11.2 Å². The second-order valence-corrected chi connectivity index (χ2v) is 11.7. The van der Waals surface area contributed by atoms with Crippen LogP contribution in [0.1, 0.15) is 44.9 Å².